The van der Waals surface area contributed by atoms with Crippen LogP contribution in [-0.2, 0) is 0 Å². The van der Waals surface area contributed by atoms with E-state index in [-0.39, 0.29) is 0 Å². The summed E-state index contributed by atoms with van der Waals surface area (Å²) in [6.07, 6.45) is 0. The maximum atomic E-state index is 11.5. The van der Waals surface area contributed by atoms with Crippen molar-refractivity contribution < 1.29 is 4.79 Å². The molecular weight excluding hydrogens is 343 g/mol. The van der Waals surface area contributed by atoms with Gasteiger partial charge in [0.15, 0.2) is 0 Å². The van der Waals surface area contributed by atoms with Gasteiger partial charge in [-0.3, -0.25) is 4.79 Å². The van der Waals surface area contributed by atoms with Crippen molar-refractivity contribution in [3.63, 3.8) is 0 Å². The molecule has 0 aliphatic heterocycles. The van der Waals surface area contributed by atoms with Gasteiger partial charge in [-0.15, -0.1) is 23.1 Å². The lowest BCUT2D eigenvalue weighted by Gasteiger charge is -2.00. The Hall–Kier alpha value is -0.190. The van der Waals surface area contributed by atoms with Gasteiger partial charge in [0.2, 0.25) is 0 Å². The van der Waals surface area contributed by atoms with Crippen LogP contribution in [0.4, 0.5) is 0 Å². The maximum absolute atomic E-state index is 11.5. The SMILES string of the molecule is CCSc1c(C(=O)Cl)sc(-c2ccc(Cl)cc2)c1Cl. The second-order valence-corrected chi connectivity index (χ2v) is 7.07. The molecule has 1 heterocycles. The third kappa shape index (κ3) is 3.29. The Morgan fingerprint density at radius 1 is 1.26 bits per heavy atom. The topological polar surface area (TPSA) is 17.1 Å². The molecule has 0 fully saturated rings. The molecule has 19 heavy (non-hydrogen) atoms. The molecule has 0 radical (unpaired) electrons. The van der Waals surface area contributed by atoms with E-state index >= 15 is 0 Å². The predicted molar refractivity (Wildman–Crippen MR) is 86.4 cm³/mol. The summed E-state index contributed by atoms with van der Waals surface area (Å²) in [5.41, 5.74) is 0.932. The van der Waals surface area contributed by atoms with E-state index in [0.717, 1.165) is 21.1 Å². The van der Waals surface area contributed by atoms with Crippen molar-refractivity contribution >= 4 is 63.1 Å². The van der Waals surface area contributed by atoms with Crippen molar-refractivity contribution in [2.75, 3.05) is 5.75 Å². The van der Waals surface area contributed by atoms with Crippen LogP contribution in [0.25, 0.3) is 10.4 Å². The zero-order valence-electron chi connectivity index (χ0n) is 9.88. The first-order chi connectivity index (χ1) is 9.04. The fourth-order valence-electron chi connectivity index (χ4n) is 1.59. The van der Waals surface area contributed by atoms with Gasteiger partial charge in [-0.1, -0.05) is 42.3 Å². The second-order valence-electron chi connectivity index (χ2n) is 3.62. The van der Waals surface area contributed by atoms with E-state index in [1.165, 1.54) is 23.1 Å². The van der Waals surface area contributed by atoms with E-state index in [0.29, 0.717) is 14.9 Å². The summed E-state index contributed by atoms with van der Waals surface area (Å²) >= 11 is 20.7. The summed E-state index contributed by atoms with van der Waals surface area (Å²) in [6.45, 7) is 2.00. The number of benzene rings is 1. The first-order valence-corrected chi connectivity index (χ1v) is 8.39. The van der Waals surface area contributed by atoms with Gasteiger partial charge in [-0.05, 0) is 35.0 Å². The van der Waals surface area contributed by atoms with Crippen LogP contribution in [0.5, 0.6) is 0 Å². The van der Waals surface area contributed by atoms with Crippen LogP contribution in [0.15, 0.2) is 29.2 Å². The van der Waals surface area contributed by atoms with Gasteiger partial charge in [0.25, 0.3) is 5.24 Å². The summed E-state index contributed by atoms with van der Waals surface area (Å²) in [5, 5.41) is 0.777. The highest BCUT2D eigenvalue weighted by Gasteiger charge is 2.21. The molecule has 100 valence electrons. The summed E-state index contributed by atoms with van der Waals surface area (Å²) in [4.78, 5) is 13.6. The average molecular weight is 352 g/mol. The van der Waals surface area contributed by atoms with E-state index in [1.807, 2.05) is 19.1 Å². The number of hydrogen-bond donors (Lipinski definition) is 0. The standard InChI is InChI=1S/C13H9Cl3OS2/c1-2-18-11-9(15)10(19-12(11)13(16)17)7-3-5-8(14)6-4-7/h3-6H,2H2,1H3. The minimum atomic E-state index is -0.469. The average Bonchev–Trinajstić information content (AvgIpc) is 2.69. The largest absolute Gasteiger partial charge is 0.275 e. The Bertz CT molecular complexity index is 605. The molecule has 0 atom stereocenters. The number of halogens is 3. The van der Waals surface area contributed by atoms with Crippen LogP contribution in [0, 0.1) is 0 Å². The van der Waals surface area contributed by atoms with Crippen LogP contribution in [0.2, 0.25) is 10.0 Å². The molecule has 0 saturated heterocycles. The lowest BCUT2D eigenvalue weighted by molar-refractivity contribution is 0.108. The fourth-order valence-corrected chi connectivity index (χ4v) is 4.55. The number of hydrogen-bond acceptors (Lipinski definition) is 3. The predicted octanol–water partition coefficient (Wildman–Crippen LogP) is 6.21. The summed E-state index contributed by atoms with van der Waals surface area (Å²) < 4.78 is 0. The van der Waals surface area contributed by atoms with E-state index in [2.05, 4.69) is 0 Å². The van der Waals surface area contributed by atoms with Crippen LogP contribution in [0.1, 0.15) is 16.6 Å². The Kier molecular flexibility index (Phi) is 5.21. The number of carbonyl (C=O) groups is 1. The molecule has 1 aromatic heterocycles. The third-order valence-corrected chi connectivity index (χ3v) is 5.89. The highest BCUT2D eigenvalue weighted by atomic mass is 35.5. The molecule has 0 unspecified atom stereocenters. The Labute approximate surface area is 134 Å². The maximum Gasteiger partial charge on any atom is 0.263 e. The Morgan fingerprint density at radius 2 is 1.89 bits per heavy atom. The lowest BCUT2D eigenvalue weighted by atomic mass is 10.2. The third-order valence-electron chi connectivity index (χ3n) is 2.38. The monoisotopic (exact) mass is 350 g/mol. The summed E-state index contributed by atoms with van der Waals surface area (Å²) in [5.74, 6) is 0.827. The molecule has 2 rings (SSSR count). The van der Waals surface area contributed by atoms with Crippen molar-refractivity contribution in [2.24, 2.45) is 0 Å². The minimum absolute atomic E-state index is 0.469. The van der Waals surface area contributed by atoms with Crippen LogP contribution >= 0.6 is 57.9 Å². The molecule has 2 aromatic rings. The van der Waals surface area contributed by atoms with Gasteiger partial charge in [-0.25, -0.2) is 0 Å². The number of thiophene rings is 1. The minimum Gasteiger partial charge on any atom is -0.275 e. The van der Waals surface area contributed by atoms with Crippen molar-refractivity contribution in [3.05, 3.63) is 39.2 Å². The molecular formula is C13H9Cl3OS2. The molecule has 0 N–H and O–H groups in total. The lowest BCUT2D eigenvalue weighted by Crippen LogP contribution is -1.85. The van der Waals surface area contributed by atoms with Gasteiger partial charge in [0, 0.05) is 9.92 Å². The van der Waals surface area contributed by atoms with E-state index in [9.17, 15) is 4.79 Å². The van der Waals surface area contributed by atoms with Crippen LogP contribution in [0.3, 0.4) is 0 Å². The Morgan fingerprint density at radius 3 is 2.42 bits per heavy atom. The zero-order valence-corrected chi connectivity index (χ0v) is 13.8. The highest BCUT2D eigenvalue weighted by Crippen LogP contribution is 2.45. The number of carbonyl (C=O) groups excluding carboxylic acids is 1. The smallest absolute Gasteiger partial charge is 0.263 e. The molecule has 1 nitrogen and oxygen atoms in total. The van der Waals surface area contributed by atoms with Crippen molar-refractivity contribution in [3.8, 4) is 10.4 Å². The van der Waals surface area contributed by atoms with Crippen molar-refractivity contribution in [1.29, 1.82) is 0 Å². The van der Waals surface area contributed by atoms with Crippen molar-refractivity contribution in [1.82, 2.24) is 0 Å². The molecule has 0 aliphatic rings. The summed E-state index contributed by atoms with van der Waals surface area (Å²) in [7, 11) is 0. The second kappa shape index (κ2) is 6.51. The molecule has 0 aliphatic carbocycles. The highest BCUT2D eigenvalue weighted by molar-refractivity contribution is 7.99. The fraction of sp³-hybridized carbons (Fsp3) is 0.154. The molecule has 0 saturated carbocycles. The first kappa shape index (κ1) is 15.2. The van der Waals surface area contributed by atoms with E-state index < -0.39 is 5.24 Å². The zero-order chi connectivity index (χ0) is 14.0. The molecule has 0 amide bonds. The van der Waals surface area contributed by atoms with Gasteiger partial charge in [-0.2, -0.15) is 0 Å². The van der Waals surface area contributed by atoms with Gasteiger partial charge < -0.3 is 0 Å². The summed E-state index contributed by atoms with van der Waals surface area (Å²) in [6, 6.07) is 7.34. The quantitative estimate of drug-likeness (QED) is 0.481. The van der Waals surface area contributed by atoms with E-state index in [1.54, 1.807) is 12.1 Å². The van der Waals surface area contributed by atoms with Crippen LogP contribution in [-0.4, -0.2) is 11.0 Å². The number of rotatable bonds is 4. The van der Waals surface area contributed by atoms with E-state index in [4.69, 9.17) is 34.8 Å². The normalized spacial score (nSPS) is 10.7. The molecule has 0 bridgehead atoms. The van der Waals surface area contributed by atoms with Crippen LogP contribution < -0.4 is 0 Å². The van der Waals surface area contributed by atoms with Gasteiger partial charge in [0.1, 0.15) is 4.88 Å². The molecule has 1 aromatic carbocycles. The van der Waals surface area contributed by atoms with Gasteiger partial charge in [0.05, 0.1) is 9.90 Å². The van der Waals surface area contributed by atoms with Crippen molar-refractivity contribution in [2.45, 2.75) is 11.8 Å². The molecule has 0 spiro atoms. The number of thioether (sulfide) groups is 1. The first-order valence-electron chi connectivity index (χ1n) is 5.45. The Balaban J connectivity index is 2.55. The van der Waals surface area contributed by atoms with Gasteiger partial charge >= 0.3 is 0 Å². The molecule has 6 heteroatoms.